The second-order valence-corrected chi connectivity index (χ2v) is 5.62. The molecule has 0 aliphatic heterocycles. The van der Waals surface area contributed by atoms with Crippen LogP contribution >= 0.6 is 11.6 Å². The fourth-order valence-electron chi connectivity index (χ4n) is 2.22. The van der Waals surface area contributed by atoms with Crippen molar-refractivity contribution in [1.82, 2.24) is 4.90 Å². The topological polar surface area (TPSA) is 12.5 Å². The minimum atomic E-state index is 0.0398. The first-order chi connectivity index (χ1) is 10.2. The van der Waals surface area contributed by atoms with Gasteiger partial charge in [-0.1, -0.05) is 48.5 Å². The fraction of sp³-hybridized carbons (Fsp3) is 0.333. The van der Waals surface area contributed by atoms with Gasteiger partial charge in [0.05, 0.1) is 5.88 Å². The number of rotatable bonds is 7. The summed E-state index contributed by atoms with van der Waals surface area (Å²) in [5, 5.41) is 0. The molecule has 0 bridgehead atoms. The predicted molar refractivity (Wildman–Crippen MR) is 89.0 cm³/mol. The molecule has 1 unspecified atom stereocenters. The van der Waals surface area contributed by atoms with E-state index in [1.165, 1.54) is 5.56 Å². The van der Waals surface area contributed by atoms with Crippen LogP contribution in [0.25, 0.3) is 0 Å². The van der Waals surface area contributed by atoms with Crippen LogP contribution in [-0.2, 0) is 5.88 Å². The number of halogens is 1. The van der Waals surface area contributed by atoms with E-state index < -0.39 is 0 Å². The van der Waals surface area contributed by atoms with E-state index in [1.54, 1.807) is 0 Å². The van der Waals surface area contributed by atoms with Gasteiger partial charge in [-0.3, -0.25) is 0 Å². The minimum Gasteiger partial charge on any atom is -0.485 e. The number of hydrogen-bond acceptors (Lipinski definition) is 2. The number of nitrogens with zero attached hydrogens (tertiary/aromatic N) is 1. The molecule has 0 saturated carbocycles. The van der Waals surface area contributed by atoms with Crippen LogP contribution in [0.4, 0.5) is 0 Å². The number of hydrogen-bond donors (Lipinski definition) is 0. The summed E-state index contributed by atoms with van der Waals surface area (Å²) in [5.41, 5.74) is 2.23. The maximum atomic E-state index is 6.26. The maximum Gasteiger partial charge on any atom is 0.125 e. The Hall–Kier alpha value is -1.51. The van der Waals surface area contributed by atoms with Crippen LogP contribution in [0.3, 0.4) is 0 Å². The molecule has 0 saturated heterocycles. The second-order valence-electron chi connectivity index (χ2n) is 5.35. The van der Waals surface area contributed by atoms with Gasteiger partial charge in [0.2, 0.25) is 0 Å². The van der Waals surface area contributed by atoms with Crippen molar-refractivity contribution in [2.24, 2.45) is 0 Å². The Balaban J connectivity index is 2.19. The first-order valence-corrected chi connectivity index (χ1v) is 7.74. The van der Waals surface area contributed by atoms with E-state index in [1.807, 2.05) is 30.3 Å². The lowest BCUT2D eigenvalue weighted by Crippen LogP contribution is -2.19. The van der Waals surface area contributed by atoms with Gasteiger partial charge in [-0.2, -0.15) is 0 Å². The van der Waals surface area contributed by atoms with Crippen molar-refractivity contribution in [1.29, 1.82) is 0 Å². The highest BCUT2D eigenvalue weighted by Crippen LogP contribution is 2.28. The normalized spacial score (nSPS) is 12.4. The highest BCUT2D eigenvalue weighted by molar-refractivity contribution is 6.17. The molecule has 0 N–H and O–H groups in total. The molecule has 2 aromatic rings. The quantitative estimate of drug-likeness (QED) is 0.698. The van der Waals surface area contributed by atoms with Crippen molar-refractivity contribution in [2.45, 2.75) is 18.4 Å². The Labute approximate surface area is 132 Å². The van der Waals surface area contributed by atoms with Crippen LogP contribution in [0.1, 0.15) is 23.7 Å². The van der Waals surface area contributed by atoms with Gasteiger partial charge in [-0.15, -0.1) is 11.6 Å². The molecule has 0 aliphatic rings. The monoisotopic (exact) mass is 303 g/mol. The van der Waals surface area contributed by atoms with E-state index in [9.17, 15) is 0 Å². The van der Waals surface area contributed by atoms with Crippen LogP contribution in [0.2, 0.25) is 0 Å². The summed E-state index contributed by atoms with van der Waals surface area (Å²) in [5.74, 6) is 1.34. The van der Waals surface area contributed by atoms with Gasteiger partial charge in [0.1, 0.15) is 11.9 Å². The Morgan fingerprint density at radius 1 is 1.00 bits per heavy atom. The zero-order chi connectivity index (χ0) is 15.1. The molecule has 2 aromatic carbocycles. The standard InChI is InChI=1S/C18H22ClNO/c1-20(2)13-12-18(15-8-4-3-5-9-15)21-17-11-7-6-10-16(17)14-19/h3-11,18H,12-14H2,1-2H3. The van der Waals surface area contributed by atoms with E-state index in [2.05, 4.69) is 43.3 Å². The van der Waals surface area contributed by atoms with Gasteiger partial charge in [0.15, 0.2) is 0 Å². The molecule has 0 fully saturated rings. The molecule has 112 valence electrons. The molecule has 2 rings (SSSR count). The lowest BCUT2D eigenvalue weighted by Gasteiger charge is -2.22. The maximum absolute atomic E-state index is 6.26. The van der Waals surface area contributed by atoms with Gasteiger partial charge < -0.3 is 9.64 Å². The first-order valence-electron chi connectivity index (χ1n) is 7.21. The summed E-state index contributed by atoms with van der Waals surface area (Å²) in [6.45, 7) is 0.975. The molecule has 0 radical (unpaired) electrons. The van der Waals surface area contributed by atoms with Crippen LogP contribution < -0.4 is 4.74 Å². The first kappa shape index (κ1) is 15.9. The minimum absolute atomic E-state index is 0.0398. The molecule has 0 heterocycles. The Morgan fingerprint density at radius 3 is 2.33 bits per heavy atom. The van der Waals surface area contributed by atoms with Crippen LogP contribution in [-0.4, -0.2) is 25.5 Å². The summed E-state index contributed by atoms with van der Waals surface area (Å²) >= 11 is 6.00. The van der Waals surface area contributed by atoms with Crippen molar-refractivity contribution >= 4 is 11.6 Å². The molecular formula is C18H22ClNO. The number of benzene rings is 2. The van der Waals surface area contributed by atoms with Crippen molar-refractivity contribution in [3.05, 3.63) is 65.7 Å². The van der Waals surface area contributed by atoms with Crippen LogP contribution in [0, 0.1) is 0 Å². The van der Waals surface area contributed by atoms with Gasteiger partial charge in [-0.05, 0) is 25.7 Å². The van der Waals surface area contributed by atoms with E-state index in [0.717, 1.165) is 24.3 Å². The Morgan fingerprint density at radius 2 is 1.67 bits per heavy atom. The summed E-state index contributed by atoms with van der Waals surface area (Å²) in [6.07, 6.45) is 0.978. The fourth-order valence-corrected chi connectivity index (χ4v) is 2.44. The lowest BCUT2D eigenvalue weighted by atomic mass is 10.1. The SMILES string of the molecule is CN(C)CCC(Oc1ccccc1CCl)c1ccccc1. The molecule has 0 amide bonds. The summed E-state index contributed by atoms with van der Waals surface area (Å²) in [4.78, 5) is 2.17. The largest absolute Gasteiger partial charge is 0.485 e. The van der Waals surface area contributed by atoms with Crippen LogP contribution in [0.15, 0.2) is 54.6 Å². The van der Waals surface area contributed by atoms with Gasteiger partial charge in [0.25, 0.3) is 0 Å². The molecule has 2 nitrogen and oxygen atoms in total. The van der Waals surface area contributed by atoms with Crippen molar-refractivity contribution in [3.8, 4) is 5.75 Å². The van der Waals surface area contributed by atoms with E-state index in [4.69, 9.17) is 16.3 Å². The average molecular weight is 304 g/mol. The van der Waals surface area contributed by atoms with Crippen molar-refractivity contribution < 1.29 is 4.74 Å². The molecule has 0 spiro atoms. The summed E-state index contributed by atoms with van der Waals surface area (Å²) in [7, 11) is 4.16. The number of para-hydroxylation sites is 1. The van der Waals surface area contributed by atoms with E-state index in [-0.39, 0.29) is 6.10 Å². The molecular weight excluding hydrogens is 282 g/mol. The van der Waals surface area contributed by atoms with E-state index >= 15 is 0 Å². The Bertz CT molecular complexity index is 542. The van der Waals surface area contributed by atoms with Gasteiger partial charge in [0, 0.05) is 18.5 Å². The van der Waals surface area contributed by atoms with Crippen molar-refractivity contribution in [2.75, 3.05) is 20.6 Å². The molecule has 21 heavy (non-hydrogen) atoms. The highest BCUT2D eigenvalue weighted by Gasteiger charge is 2.15. The van der Waals surface area contributed by atoms with Gasteiger partial charge >= 0.3 is 0 Å². The average Bonchev–Trinajstić information content (AvgIpc) is 2.52. The summed E-state index contributed by atoms with van der Waals surface area (Å²) < 4.78 is 6.26. The lowest BCUT2D eigenvalue weighted by molar-refractivity contribution is 0.178. The van der Waals surface area contributed by atoms with Gasteiger partial charge in [-0.25, -0.2) is 0 Å². The third kappa shape index (κ3) is 4.76. The smallest absolute Gasteiger partial charge is 0.125 e. The molecule has 0 aliphatic carbocycles. The van der Waals surface area contributed by atoms with E-state index in [0.29, 0.717) is 5.88 Å². The second kappa shape index (κ2) is 8.06. The number of alkyl halides is 1. The zero-order valence-electron chi connectivity index (χ0n) is 12.6. The zero-order valence-corrected chi connectivity index (χ0v) is 13.4. The highest BCUT2D eigenvalue weighted by atomic mass is 35.5. The molecule has 0 aromatic heterocycles. The third-order valence-electron chi connectivity index (χ3n) is 3.40. The molecule has 1 atom stereocenters. The molecule has 3 heteroatoms. The Kier molecular flexibility index (Phi) is 6.09. The number of ether oxygens (including phenoxy) is 1. The summed E-state index contributed by atoms with van der Waals surface area (Å²) in [6, 6.07) is 18.3. The van der Waals surface area contributed by atoms with Crippen LogP contribution in [0.5, 0.6) is 5.75 Å². The van der Waals surface area contributed by atoms with Crippen molar-refractivity contribution in [3.63, 3.8) is 0 Å². The third-order valence-corrected chi connectivity index (χ3v) is 3.68. The predicted octanol–water partition coefficient (Wildman–Crippen LogP) is 4.50.